The zero-order valence-electron chi connectivity index (χ0n) is 20.3. The lowest BCUT2D eigenvalue weighted by Crippen LogP contribution is -2.26. The molecule has 1 heterocycles. The SMILES string of the molecule is Cc1ccc(C(=O)NC2CC2)cc1Nc1nc(-c2ccc(N)cc2)c(OC(=O)NCc2ccccc2)s1. The van der Waals surface area contributed by atoms with Gasteiger partial charge in [-0.05, 0) is 55.2 Å². The molecule has 0 radical (unpaired) electrons. The summed E-state index contributed by atoms with van der Waals surface area (Å²) in [5, 5.41) is 9.96. The monoisotopic (exact) mass is 513 g/mol. The molecule has 1 saturated carbocycles. The second-order valence-corrected chi connectivity index (χ2v) is 9.87. The zero-order valence-corrected chi connectivity index (χ0v) is 21.1. The van der Waals surface area contributed by atoms with Gasteiger partial charge in [-0.15, -0.1) is 0 Å². The molecule has 1 aliphatic rings. The van der Waals surface area contributed by atoms with Crippen molar-refractivity contribution < 1.29 is 14.3 Å². The molecule has 0 aliphatic heterocycles. The van der Waals surface area contributed by atoms with E-state index in [4.69, 9.17) is 15.5 Å². The Morgan fingerprint density at radius 1 is 1.05 bits per heavy atom. The lowest BCUT2D eigenvalue weighted by atomic mass is 10.1. The number of carbonyl (C=O) groups excluding carboxylic acids is 2. The van der Waals surface area contributed by atoms with Gasteiger partial charge in [0.15, 0.2) is 5.13 Å². The molecule has 9 heteroatoms. The number of carbonyl (C=O) groups is 2. The highest BCUT2D eigenvalue weighted by Gasteiger charge is 2.24. The van der Waals surface area contributed by atoms with Crippen LogP contribution in [0.5, 0.6) is 5.06 Å². The summed E-state index contributed by atoms with van der Waals surface area (Å²) in [6, 6.07) is 22.6. The molecule has 0 unspecified atom stereocenters. The van der Waals surface area contributed by atoms with E-state index < -0.39 is 6.09 Å². The van der Waals surface area contributed by atoms with Crippen molar-refractivity contribution >= 4 is 39.8 Å². The number of hydrogen-bond donors (Lipinski definition) is 4. The Bertz CT molecular complexity index is 1420. The fourth-order valence-corrected chi connectivity index (χ4v) is 4.50. The second-order valence-electron chi connectivity index (χ2n) is 8.91. The van der Waals surface area contributed by atoms with E-state index in [0.717, 1.165) is 35.2 Å². The molecule has 5 N–H and O–H groups in total. The Morgan fingerprint density at radius 3 is 2.54 bits per heavy atom. The largest absolute Gasteiger partial charge is 0.413 e. The molecule has 3 aromatic carbocycles. The van der Waals surface area contributed by atoms with Gasteiger partial charge in [0.1, 0.15) is 5.69 Å². The van der Waals surface area contributed by atoms with Crippen LogP contribution in [0.2, 0.25) is 0 Å². The number of aryl methyl sites for hydroxylation is 1. The van der Waals surface area contributed by atoms with Crippen molar-refractivity contribution in [3.63, 3.8) is 0 Å². The summed E-state index contributed by atoms with van der Waals surface area (Å²) in [6.07, 6.45) is 1.47. The van der Waals surface area contributed by atoms with Crippen LogP contribution in [0.15, 0.2) is 72.8 Å². The highest BCUT2D eigenvalue weighted by atomic mass is 32.1. The lowest BCUT2D eigenvalue weighted by molar-refractivity contribution is 0.0951. The summed E-state index contributed by atoms with van der Waals surface area (Å²) in [5.74, 6) is -0.0913. The van der Waals surface area contributed by atoms with Gasteiger partial charge >= 0.3 is 6.09 Å². The number of hydrogen-bond acceptors (Lipinski definition) is 7. The third-order valence-corrected chi connectivity index (χ3v) is 6.75. The first kappa shape index (κ1) is 24.3. The van der Waals surface area contributed by atoms with E-state index in [9.17, 15) is 9.59 Å². The maximum Gasteiger partial charge on any atom is 0.413 e. The molecule has 188 valence electrons. The van der Waals surface area contributed by atoms with Crippen LogP contribution in [0.25, 0.3) is 11.3 Å². The van der Waals surface area contributed by atoms with Crippen LogP contribution in [0.3, 0.4) is 0 Å². The van der Waals surface area contributed by atoms with Crippen molar-refractivity contribution in [3.8, 4) is 16.3 Å². The van der Waals surface area contributed by atoms with Crippen LogP contribution in [0.4, 0.5) is 21.3 Å². The van der Waals surface area contributed by atoms with E-state index in [1.165, 1.54) is 11.3 Å². The molecule has 1 fully saturated rings. The number of nitrogens with zero attached hydrogens (tertiary/aromatic N) is 1. The van der Waals surface area contributed by atoms with E-state index >= 15 is 0 Å². The zero-order chi connectivity index (χ0) is 25.8. The van der Waals surface area contributed by atoms with Gasteiger partial charge in [-0.2, -0.15) is 0 Å². The van der Waals surface area contributed by atoms with Gasteiger partial charge in [0.25, 0.3) is 5.91 Å². The third-order valence-electron chi connectivity index (χ3n) is 5.90. The maximum absolute atomic E-state index is 12.6. The Balaban J connectivity index is 1.37. The van der Waals surface area contributed by atoms with E-state index in [0.29, 0.717) is 33.7 Å². The summed E-state index contributed by atoms with van der Waals surface area (Å²) in [7, 11) is 0. The first-order valence-corrected chi connectivity index (χ1v) is 12.8. The van der Waals surface area contributed by atoms with Gasteiger partial charge in [0, 0.05) is 35.1 Å². The molecule has 2 amide bonds. The molecular formula is C28H27N5O3S. The quantitative estimate of drug-likeness (QED) is 0.227. The van der Waals surface area contributed by atoms with Gasteiger partial charge in [-0.3, -0.25) is 4.79 Å². The predicted octanol–water partition coefficient (Wildman–Crippen LogP) is 5.63. The first-order chi connectivity index (χ1) is 17.9. The van der Waals surface area contributed by atoms with E-state index in [2.05, 4.69) is 16.0 Å². The fourth-order valence-electron chi connectivity index (χ4n) is 3.65. The van der Waals surface area contributed by atoms with E-state index in [1.54, 1.807) is 12.1 Å². The molecule has 37 heavy (non-hydrogen) atoms. The standard InChI is InChI=1S/C28H27N5O3S/c1-17-7-8-20(25(34)31-22-13-14-22)15-23(17)32-27-33-24(19-9-11-21(29)12-10-19)26(37-27)36-28(35)30-16-18-5-3-2-4-6-18/h2-12,15,22H,13-14,16,29H2,1H3,(H,30,35)(H,31,34)(H,32,33). The van der Waals surface area contributed by atoms with Crippen molar-refractivity contribution in [2.24, 2.45) is 0 Å². The van der Waals surface area contributed by atoms with Crippen LogP contribution in [0.1, 0.15) is 34.3 Å². The molecule has 8 nitrogen and oxygen atoms in total. The average molecular weight is 514 g/mol. The number of nitrogens with one attached hydrogen (secondary N) is 3. The Morgan fingerprint density at radius 2 is 1.81 bits per heavy atom. The van der Waals surface area contributed by atoms with Gasteiger partial charge in [0.05, 0.1) is 0 Å². The number of ether oxygens (including phenoxy) is 1. The van der Waals surface area contributed by atoms with Crippen molar-refractivity contribution in [2.75, 3.05) is 11.1 Å². The number of benzene rings is 3. The van der Waals surface area contributed by atoms with Crippen LogP contribution in [-0.4, -0.2) is 23.0 Å². The van der Waals surface area contributed by atoms with Crippen LogP contribution in [-0.2, 0) is 6.54 Å². The van der Waals surface area contributed by atoms with Crippen LogP contribution < -0.4 is 26.4 Å². The lowest BCUT2D eigenvalue weighted by Gasteiger charge is -2.10. The van der Waals surface area contributed by atoms with E-state index in [-0.39, 0.29) is 11.9 Å². The minimum Gasteiger partial charge on any atom is -0.399 e. The summed E-state index contributed by atoms with van der Waals surface area (Å²) < 4.78 is 5.68. The van der Waals surface area contributed by atoms with Crippen LogP contribution >= 0.6 is 11.3 Å². The number of thiazole rings is 1. The summed E-state index contributed by atoms with van der Waals surface area (Å²) in [6.45, 7) is 2.30. The van der Waals surface area contributed by atoms with Crippen molar-refractivity contribution in [1.82, 2.24) is 15.6 Å². The third kappa shape index (κ3) is 6.25. The summed E-state index contributed by atoms with van der Waals surface area (Å²) in [4.78, 5) is 29.9. The van der Waals surface area contributed by atoms with Gasteiger partial charge in [0.2, 0.25) is 5.06 Å². The minimum absolute atomic E-state index is 0.0913. The van der Waals surface area contributed by atoms with Gasteiger partial charge in [-0.25, -0.2) is 9.78 Å². The summed E-state index contributed by atoms with van der Waals surface area (Å²) >= 11 is 1.21. The summed E-state index contributed by atoms with van der Waals surface area (Å²) in [5.41, 5.74) is 11.0. The minimum atomic E-state index is -0.578. The molecule has 4 aromatic rings. The maximum atomic E-state index is 12.6. The Kier molecular flexibility index (Phi) is 7.04. The van der Waals surface area contributed by atoms with Crippen molar-refractivity contribution in [2.45, 2.75) is 32.4 Å². The van der Waals surface area contributed by atoms with Crippen molar-refractivity contribution in [1.29, 1.82) is 0 Å². The molecular weight excluding hydrogens is 486 g/mol. The van der Waals surface area contributed by atoms with Crippen LogP contribution in [0, 0.1) is 6.92 Å². The van der Waals surface area contributed by atoms with E-state index in [1.807, 2.05) is 67.6 Å². The molecule has 1 aromatic heterocycles. The molecule has 0 atom stereocenters. The molecule has 0 spiro atoms. The molecule has 5 rings (SSSR count). The molecule has 0 saturated heterocycles. The highest BCUT2D eigenvalue weighted by molar-refractivity contribution is 7.18. The number of anilines is 3. The van der Waals surface area contributed by atoms with Crippen molar-refractivity contribution in [3.05, 3.63) is 89.5 Å². The first-order valence-electron chi connectivity index (χ1n) is 12.0. The Labute approximate surface area is 218 Å². The Hall–Kier alpha value is -4.37. The highest BCUT2D eigenvalue weighted by Crippen LogP contribution is 2.40. The predicted molar refractivity (Wildman–Crippen MR) is 146 cm³/mol. The average Bonchev–Trinajstić information content (AvgIpc) is 3.63. The number of amides is 2. The molecule has 0 bridgehead atoms. The smallest absolute Gasteiger partial charge is 0.399 e. The van der Waals surface area contributed by atoms with Gasteiger partial charge < -0.3 is 26.4 Å². The fraction of sp³-hybridized carbons (Fsp3) is 0.179. The number of aromatic nitrogens is 1. The van der Waals surface area contributed by atoms with Gasteiger partial charge in [-0.1, -0.05) is 59.9 Å². The number of rotatable bonds is 8. The number of nitrogens with two attached hydrogens (primary N) is 1. The second kappa shape index (κ2) is 10.7. The number of nitrogen functional groups attached to an aromatic ring is 1. The molecule has 1 aliphatic carbocycles. The topological polar surface area (TPSA) is 118 Å². The normalized spacial score (nSPS) is 12.6.